The van der Waals surface area contributed by atoms with Gasteiger partial charge in [0.05, 0.1) is 13.2 Å². The van der Waals surface area contributed by atoms with Gasteiger partial charge < -0.3 is 14.2 Å². The lowest BCUT2D eigenvalue weighted by Gasteiger charge is -2.14. The van der Waals surface area contributed by atoms with Gasteiger partial charge in [-0.25, -0.2) is 0 Å². The van der Waals surface area contributed by atoms with Gasteiger partial charge in [0.15, 0.2) is 16.9 Å². The first-order chi connectivity index (χ1) is 9.49. The summed E-state index contributed by atoms with van der Waals surface area (Å²) < 4.78 is 38.8. The summed E-state index contributed by atoms with van der Waals surface area (Å²) in [5.41, 5.74) is 0.384. The molecule has 0 bridgehead atoms. The number of esters is 1. The van der Waals surface area contributed by atoms with Crippen molar-refractivity contribution >= 4 is 17.6 Å². The molecule has 7 heteroatoms. The lowest BCUT2D eigenvalue weighted by Crippen LogP contribution is -2.12. The number of hydrogen-bond acceptors (Lipinski definition) is 4. The van der Waals surface area contributed by atoms with Crippen molar-refractivity contribution in [3.8, 4) is 11.5 Å². The molecule has 0 fully saturated rings. The van der Waals surface area contributed by atoms with Crippen molar-refractivity contribution in [2.24, 2.45) is 0 Å². The van der Waals surface area contributed by atoms with Crippen LogP contribution in [-0.2, 0) is 9.53 Å². The molecule has 0 aliphatic rings. The first-order valence-corrected chi connectivity index (χ1v) is 6.45. The Balaban J connectivity index is 2.99. The summed E-state index contributed by atoms with van der Waals surface area (Å²) in [5.74, 6) is -0.627. The summed E-state index contributed by atoms with van der Waals surface area (Å²) in [6.07, 6.45) is 0. The van der Waals surface area contributed by atoms with Gasteiger partial charge >= 0.3 is 12.6 Å². The van der Waals surface area contributed by atoms with Crippen molar-refractivity contribution < 1.29 is 27.8 Å². The largest absolute Gasteiger partial charge is 0.490 e. The van der Waals surface area contributed by atoms with Crippen molar-refractivity contribution in [1.29, 1.82) is 0 Å². The van der Waals surface area contributed by atoms with Crippen molar-refractivity contribution in [2.45, 2.75) is 25.8 Å². The molecule has 1 aromatic rings. The summed E-state index contributed by atoms with van der Waals surface area (Å²) >= 11 is 5.95. The quantitative estimate of drug-likeness (QED) is 0.571. The maximum Gasteiger partial charge on any atom is 0.387 e. The number of hydrogen-bond donors (Lipinski definition) is 0. The van der Waals surface area contributed by atoms with E-state index >= 15 is 0 Å². The number of rotatable bonds is 7. The number of ether oxygens (including phenoxy) is 3. The smallest absolute Gasteiger partial charge is 0.387 e. The van der Waals surface area contributed by atoms with E-state index in [1.54, 1.807) is 13.8 Å². The molecule has 20 heavy (non-hydrogen) atoms. The third-order valence-electron chi connectivity index (χ3n) is 2.27. The lowest BCUT2D eigenvalue weighted by atomic mass is 10.1. The highest BCUT2D eigenvalue weighted by Gasteiger charge is 2.21. The van der Waals surface area contributed by atoms with Gasteiger partial charge in [0.1, 0.15) is 0 Å². The van der Waals surface area contributed by atoms with Crippen LogP contribution in [-0.4, -0.2) is 25.8 Å². The van der Waals surface area contributed by atoms with E-state index in [1.165, 1.54) is 18.2 Å². The third kappa shape index (κ3) is 4.52. The standard InChI is InChI=1S/C13H15ClF2O4/c1-3-18-10-7-8(11(14)12(17)19-4-2)5-6-9(10)20-13(15)16/h5-7,11,13H,3-4H2,1-2H3. The zero-order valence-electron chi connectivity index (χ0n) is 11.1. The van der Waals surface area contributed by atoms with Crippen LogP contribution < -0.4 is 9.47 Å². The predicted molar refractivity (Wildman–Crippen MR) is 69.5 cm³/mol. The first-order valence-electron chi connectivity index (χ1n) is 6.01. The van der Waals surface area contributed by atoms with Crippen molar-refractivity contribution in [3.63, 3.8) is 0 Å². The Morgan fingerprint density at radius 1 is 1.25 bits per heavy atom. The maximum absolute atomic E-state index is 12.3. The molecule has 0 N–H and O–H groups in total. The molecule has 1 atom stereocenters. The number of halogens is 3. The SMILES string of the molecule is CCOC(=O)C(Cl)c1ccc(OC(F)F)c(OCC)c1. The molecule has 0 aliphatic heterocycles. The zero-order valence-corrected chi connectivity index (χ0v) is 11.8. The van der Waals surface area contributed by atoms with Crippen molar-refractivity contribution in [2.75, 3.05) is 13.2 Å². The number of carbonyl (C=O) groups is 1. The average Bonchev–Trinajstić information content (AvgIpc) is 2.40. The van der Waals surface area contributed by atoms with E-state index in [2.05, 4.69) is 4.74 Å². The topological polar surface area (TPSA) is 44.8 Å². The molecule has 1 aromatic carbocycles. The molecule has 0 amide bonds. The zero-order chi connectivity index (χ0) is 15.1. The molecule has 0 aliphatic carbocycles. The van der Waals surface area contributed by atoms with Crippen molar-refractivity contribution in [1.82, 2.24) is 0 Å². The Labute approximate surface area is 120 Å². The monoisotopic (exact) mass is 308 g/mol. The van der Waals surface area contributed by atoms with E-state index in [-0.39, 0.29) is 24.7 Å². The van der Waals surface area contributed by atoms with E-state index in [9.17, 15) is 13.6 Å². The highest BCUT2D eigenvalue weighted by atomic mass is 35.5. The van der Waals surface area contributed by atoms with Crippen LogP contribution >= 0.6 is 11.6 Å². The molecule has 1 unspecified atom stereocenters. The van der Waals surface area contributed by atoms with Gasteiger partial charge in [0.25, 0.3) is 0 Å². The van der Waals surface area contributed by atoms with E-state index < -0.39 is 18.0 Å². The number of carbonyl (C=O) groups excluding carboxylic acids is 1. The Morgan fingerprint density at radius 2 is 1.95 bits per heavy atom. The summed E-state index contributed by atoms with van der Waals surface area (Å²) in [5, 5.41) is -1.03. The van der Waals surface area contributed by atoms with Crippen LogP contribution in [0.25, 0.3) is 0 Å². The fourth-order valence-electron chi connectivity index (χ4n) is 1.50. The number of alkyl halides is 3. The lowest BCUT2D eigenvalue weighted by molar-refractivity contribution is -0.142. The Hall–Kier alpha value is -1.56. The third-order valence-corrected chi connectivity index (χ3v) is 2.70. The molecular formula is C13H15ClF2O4. The van der Waals surface area contributed by atoms with E-state index in [1.807, 2.05) is 0 Å². The molecule has 0 aromatic heterocycles. The molecule has 0 radical (unpaired) electrons. The highest BCUT2D eigenvalue weighted by Crippen LogP contribution is 2.34. The van der Waals surface area contributed by atoms with E-state index in [0.29, 0.717) is 5.56 Å². The van der Waals surface area contributed by atoms with Crippen LogP contribution in [0.4, 0.5) is 8.78 Å². The Morgan fingerprint density at radius 3 is 2.50 bits per heavy atom. The minimum atomic E-state index is -2.96. The molecular weight excluding hydrogens is 294 g/mol. The second-order valence-corrected chi connectivity index (χ2v) is 4.07. The molecule has 0 saturated carbocycles. The minimum absolute atomic E-state index is 0.0975. The van der Waals surface area contributed by atoms with Gasteiger partial charge in [0, 0.05) is 0 Å². The van der Waals surface area contributed by atoms with Gasteiger partial charge in [-0.3, -0.25) is 4.79 Å². The highest BCUT2D eigenvalue weighted by molar-refractivity contribution is 6.30. The van der Waals surface area contributed by atoms with Gasteiger partial charge in [-0.1, -0.05) is 6.07 Å². The first kappa shape index (κ1) is 16.5. The molecule has 1 rings (SSSR count). The van der Waals surface area contributed by atoms with Crippen LogP contribution in [0, 0.1) is 0 Å². The molecule has 0 heterocycles. The predicted octanol–water partition coefficient (Wildman–Crippen LogP) is 3.53. The van der Waals surface area contributed by atoms with Crippen LogP contribution in [0.2, 0.25) is 0 Å². The minimum Gasteiger partial charge on any atom is -0.490 e. The van der Waals surface area contributed by atoms with Gasteiger partial charge in [-0.15, -0.1) is 11.6 Å². The normalized spacial score (nSPS) is 12.1. The molecule has 112 valence electrons. The molecule has 0 saturated heterocycles. The summed E-state index contributed by atoms with van der Waals surface area (Å²) in [4.78, 5) is 11.5. The second-order valence-electron chi connectivity index (χ2n) is 3.63. The Kier molecular flexibility index (Phi) is 6.51. The number of benzene rings is 1. The summed E-state index contributed by atoms with van der Waals surface area (Å²) in [6.45, 7) is 0.856. The van der Waals surface area contributed by atoms with E-state index in [0.717, 1.165) is 0 Å². The van der Waals surface area contributed by atoms with Gasteiger partial charge in [0.2, 0.25) is 0 Å². The summed E-state index contributed by atoms with van der Waals surface area (Å²) in [7, 11) is 0. The maximum atomic E-state index is 12.3. The van der Waals surface area contributed by atoms with Crippen LogP contribution in [0.1, 0.15) is 24.8 Å². The van der Waals surface area contributed by atoms with Crippen LogP contribution in [0.5, 0.6) is 11.5 Å². The van der Waals surface area contributed by atoms with Crippen molar-refractivity contribution in [3.05, 3.63) is 23.8 Å². The van der Waals surface area contributed by atoms with Gasteiger partial charge in [-0.2, -0.15) is 8.78 Å². The average molecular weight is 309 g/mol. The second kappa shape index (κ2) is 7.89. The van der Waals surface area contributed by atoms with Crippen LogP contribution in [0.15, 0.2) is 18.2 Å². The fourth-order valence-corrected chi connectivity index (χ4v) is 1.69. The van der Waals surface area contributed by atoms with E-state index in [4.69, 9.17) is 21.1 Å². The molecule has 4 nitrogen and oxygen atoms in total. The van der Waals surface area contributed by atoms with Gasteiger partial charge in [-0.05, 0) is 31.5 Å². The molecule has 0 spiro atoms. The fraction of sp³-hybridized carbons (Fsp3) is 0.462. The summed E-state index contributed by atoms with van der Waals surface area (Å²) in [6, 6.07) is 4.08. The van der Waals surface area contributed by atoms with Crippen LogP contribution in [0.3, 0.4) is 0 Å². The Bertz CT molecular complexity index is 454.